The largest absolute Gasteiger partial charge is 0.356 e. The average molecular weight is 243 g/mol. The van der Waals surface area contributed by atoms with Crippen LogP contribution >= 0.6 is 0 Å². The molecule has 0 spiro atoms. The van der Waals surface area contributed by atoms with Gasteiger partial charge < -0.3 is 9.88 Å². The van der Waals surface area contributed by atoms with Gasteiger partial charge in [0.05, 0.1) is 0 Å². The van der Waals surface area contributed by atoms with Crippen LogP contribution in [0, 0.1) is 6.92 Å². The number of piperidine rings is 1. The molecule has 3 heterocycles. The number of imidazole rings is 1. The molecule has 0 bridgehead atoms. The minimum atomic E-state index is 0.555. The van der Waals surface area contributed by atoms with Crippen molar-refractivity contribution in [2.45, 2.75) is 25.7 Å². The van der Waals surface area contributed by atoms with Crippen LogP contribution < -0.4 is 4.90 Å². The Morgan fingerprint density at radius 2 is 2.06 bits per heavy atom. The fourth-order valence-corrected chi connectivity index (χ4v) is 2.50. The summed E-state index contributed by atoms with van der Waals surface area (Å²) in [7, 11) is 0. The maximum absolute atomic E-state index is 4.35. The molecule has 0 amide bonds. The molecule has 0 unspecified atom stereocenters. The van der Waals surface area contributed by atoms with E-state index in [1.807, 2.05) is 25.4 Å². The van der Waals surface area contributed by atoms with Crippen molar-refractivity contribution in [3.63, 3.8) is 0 Å². The van der Waals surface area contributed by atoms with Gasteiger partial charge in [0.15, 0.2) is 0 Å². The van der Waals surface area contributed by atoms with E-state index < -0.39 is 0 Å². The summed E-state index contributed by atoms with van der Waals surface area (Å²) >= 11 is 0. The Morgan fingerprint density at radius 3 is 2.72 bits per heavy atom. The normalized spacial score (nSPS) is 17.1. The lowest BCUT2D eigenvalue weighted by Crippen LogP contribution is -2.33. The third-order valence-corrected chi connectivity index (χ3v) is 3.51. The standard InChI is InChI=1S/C13H17N5/c1-10-8-12(17-9-16-10)18-6-2-11(3-7-18)13-14-4-5-15-13/h4-5,8-9,11H,2-3,6-7H2,1H3,(H,14,15). The summed E-state index contributed by atoms with van der Waals surface area (Å²) in [6.07, 6.45) is 7.61. The number of aromatic amines is 1. The highest BCUT2D eigenvalue weighted by Gasteiger charge is 2.22. The zero-order chi connectivity index (χ0) is 12.4. The number of hydrogen-bond acceptors (Lipinski definition) is 4. The van der Waals surface area contributed by atoms with E-state index in [0.717, 1.165) is 43.3 Å². The van der Waals surface area contributed by atoms with Crippen molar-refractivity contribution < 1.29 is 0 Å². The van der Waals surface area contributed by atoms with Crippen LogP contribution in [0.3, 0.4) is 0 Å². The molecule has 2 aromatic heterocycles. The zero-order valence-corrected chi connectivity index (χ0v) is 10.5. The number of nitrogens with zero attached hydrogens (tertiary/aromatic N) is 4. The fourth-order valence-electron chi connectivity index (χ4n) is 2.50. The van der Waals surface area contributed by atoms with E-state index >= 15 is 0 Å². The molecule has 18 heavy (non-hydrogen) atoms. The Bertz CT molecular complexity index is 500. The third kappa shape index (κ3) is 2.20. The Kier molecular flexibility index (Phi) is 2.96. The highest BCUT2D eigenvalue weighted by Crippen LogP contribution is 2.27. The van der Waals surface area contributed by atoms with Crippen LogP contribution in [0.2, 0.25) is 0 Å². The predicted octanol–water partition coefficient (Wildman–Crippen LogP) is 1.89. The van der Waals surface area contributed by atoms with Gasteiger partial charge in [0, 0.05) is 43.2 Å². The van der Waals surface area contributed by atoms with Crippen LogP contribution in [0.15, 0.2) is 24.8 Å². The van der Waals surface area contributed by atoms with E-state index in [2.05, 4.69) is 24.8 Å². The molecule has 1 N–H and O–H groups in total. The molecule has 3 rings (SSSR count). The van der Waals surface area contributed by atoms with Gasteiger partial charge in [-0.15, -0.1) is 0 Å². The number of anilines is 1. The fraction of sp³-hybridized carbons (Fsp3) is 0.462. The lowest BCUT2D eigenvalue weighted by Gasteiger charge is -2.31. The van der Waals surface area contributed by atoms with Gasteiger partial charge in [-0.3, -0.25) is 0 Å². The quantitative estimate of drug-likeness (QED) is 0.875. The molecular formula is C13H17N5. The first kappa shape index (κ1) is 11.2. The number of rotatable bonds is 2. The molecule has 94 valence electrons. The molecule has 0 atom stereocenters. The van der Waals surface area contributed by atoms with Crippen LogP contribution in [0.1, 0.15) is 30.3 Å². The van der Waals surface area contributed by atoms with E-state index in [4.69, 9.17) is 0 Å². The van der Waals surface area contributed by atoms with Crippen LogP contribution in [0.25, 0.3) is 0 Å². The first-order valence-electron chi connectivity index (χ1n) is 6.36. The maximum atomic E-state index is 4.35. The molecule has 1 aliphatic heterocycles. The second kappa shape index (κ2) is 4.76. The summed E-state index contributed by atoms with van der Waals surface area (Å²) in [4.78, 5) is 18.4. The van der Waals surface area contributed by atoms with Crippen molar-refractivity contribution in [2.24, 2.45) is 0 Å². The zero-order valence-electron chi connectivity index (χ0n) is 10.5. The summed E-state index contributed by atoms with van der Waals surface area (Å²) < 4.78 is 0. The maximum Gasteiger partial charge on any atom is 0.132 e. The van der Waals surface area contributed by atoms with Crippen molar-refractivity contribution in [3.8, 4) is 0 Å². The lowest BCUT2D eigenvalue weighted by atomic mass is 9.96. The van der Waals surface area contributed by atoms with Gasteiger partial charge in [-0.2, -0.15) is 0 Å². The molecule has 0 aromatic carbocycles. The molecule has 0 radical (unpaired) electrons. The van der Waals surface area contributed by atoms with Gasteiger partial charge in [-0.05, 0) is 19.8 Å². The Hall–Kier alpha value is -1.91. The summed E-state index contributed by atoms with van der Waals surface area (Å²) in [5.74, 6) is 2.72. The van der Waals surface area contributed by atoms with Crippen LogP contribution in [-0.4, -0.2) is 33.0 Å². The van der Waals surface area contributed by atoms with Crippen molar-refractivity contribution in [1.29, 1.82) is 0 Å². The van der Waals surface area contributed by atoms with Gasteiger partial charge in [0.2, 0.25) is 0 Å². The molecule has 1 aliphatic rings. The second-order valence-electron chi connectivity index (χ2n) is 4.75. The van der Waals surface area contributed by atoms with Gasteiger partial charge >= 0.3 is 0 Å². The van der Waals surface area contributed by atoms with Crippen molar-refractivity contribution in [3.05, 3.63) is 36.3 Å². The third-order valence-electron chi connectivity index (χ3n) is 3.51. The first-order chi connectivity index (χ1) is 8.83. The molecule has 0 aliphatic carbocycles. The highest BCUT2D eigenvalue weighted by molar-refractivity contribution is 5.39. The van der Waals surface area contributed by atoms with Gasteiger partial charge in [-0.1, -0.05) is 0 Å². The van der Waals surface area contributed by atoms with Crippen LogP contribution in [0.4, 0.5) is 5.82 Å². The van der Waals surface area contributed by atoms with Gasteiger partial charge in [0.25, 0.3) is 0 Å². The molecule has 2 aromatic rings. The molecule has 0 saturated carbocycles. The molecule has 1 saturated heterocycles. The minimum absolute atomic E-state index is 0.555. The van der Waals surface area contributed by atoms with E-state index in [0.29, 0.717) is 5.92 Å². The molecular weight excluding hydrogens is 226 g/mol. The Morgan fingerprint density at radius 1 is 1.22 bits per heavy atom. The topological polar surface area (TPSA) is 57.7 Å². The Labute approximate surface area is 106 Å². The lowest BCUT2D eigenvalue weighted by molar-refractivity contribution is 0.486. The van der Waals surface area contributed by atoms with Crippen molar-refractivity contribution in [1.82, 2.24) is 19.9 Å². The second-order valence-corrected chi connectivity index (χ2v) is 4.75. The van der Waals surface area contributed by atoms with E-state index in [-0.39, 0.29) is 0 Å². The van der Waals surface area contributed by atoms with Crippen LogP contribution in [0.5, 0.6) is 0 Å². The Balaban J connectivity index is 1.67. The summed E-state index contributed by atoms with van der Waals surface area (Å²) in [5, 5.41) is 0. The summed E-state index contributed by atoms with van der Waals surface area (Å²) in [6.45, 7) is 4.06. The predicted molar refractivity (Wildman–Crippen MR) is 69.5 cm³/mol. The van der Waals surface area contributed by atoms with Gasteiger partial charge in [0.1, 0.15) is 18.0 Å². The van der Waals surface area contributed by atoms with Crippen LogP contribution in [-0.2, 0) is 0 Å². The van der Waals surface area contributed by atoms with Crippen molar-refractivity contribution in [2.75, 3.05) is 18.0 Å². The summed E-state index contributed by atoms with van der Waals surface area (Å²) in [6, 6.07) is 2.05. The average Bonchev–Trinajstić information content (AvgIpc) is 2.93. The molecule has 5 nitrogen and oxygen atoms in total. The van der Waals surface area contributed by atoms with Gasteiger partial charge in [-0.25, -0.2) is 15.0 Å². The monoisotopic (exact) mass is 243 g/mol. The van der Waals surface area contributed by atoms with Crippen molar-refractivity contribution >= 4 is 5.82 Å². The molecule has 5 heteroatoms. The number of nitrogens with one attached hydrogen (secondary N) is 1. The number of aromatic nitrogens is 4. The smallest absolute Gasteiger partial charge is 0.132 e. The van der Waals surface area contributed by atoms with E-state index in [1.165, 1.54) is 0 Å². The van der Waals surface area contributed by atoms with E-state index in [1.54, 1.807) is 6.33 Å². The molecule has 1 fully saturated rings. The number of aryl methyl sites for hydroxylation is 1. The number of H-pyrrole nitrogens is 1. The van der Waals surface area contributed by atoms with E-state index in [9.17, 15) is 0 Å². The number of hydrogen-bond donors (Lipinski definition) is 1. The summed E-state index contributed by atoms with van der Waals surface area (Å²) in [5.41, 5.74) is 1.02. The highest BCUT2D eigenvalue weighted by atomic mass is 15.2. The minimum Gasteiger partial charge on any atom is -0.356 e. The first-order valence-corrected chi connectivity index (χ1v) is 6.36. The SMILES string of the molecule is Cc1cc(N2CCC(c3ncc[nH]3)CC2)ncn1.